The third kappa shape index (κ3) is 6.04. The number of nitro benzene ring substituents is 1. The number of oxime groups is 1. The number of benzene rings is 1. The Hall–Kier alpha value is -4.51. The lowest BCUT2D eigenvalue weighted by Crippen LogP contribution is -2.71. The van der Waals surface area contributed by atoms with Gasteiger partial charge in [-0.3, -0.25) is 29.4 Å². The number of aromatic nitrogens is 1. The maximum atomic E-state index is 13.1. The van der Waals surface area contributed by atoms with Crippen molar-refractivity contribution < 1.29 is 38.8 Å². The van der Waals surface area contributed by atoms with Gasteiger partial charge in [-0.15, -0.1) is 23.1 Å². The van der Waals surface area contributed by atoms with Crippen molar-refractivity contribution in [2.45, 2.75) is 31.4 Å². The molecule has 2 aromatic rings. The van der Waals surface area contributed by atoms with Gasteiger partial charge in [0.25, 0.3) is 17.5 Å². The molecule has 4 rings (SSSR count). The maximum Gasteiger partial charge on any atom is 0.358 e. The van der Waals surface area contributed by atoms with Crippen LogP contribution in [0.3, 0.4) is 0 Å². The standard InChI is InChI=1S/C23H22N6O9S2/c1-2-7-38-27-16(14-9-40-23(25-14)24-11-30)19(32)26-17-20(33)28-18(15(31)10-39-21(17)28)22(34)37-8-12-3-5-13(6-4-12)29(35)36/h3-6,9,11,17,21,31H,2,7-8,10H2,1H3,(H,26,32)(H,24,25,30)/t17?,21-/m0/s1. The van der Waals surface area contributed by atoms with Gasteiger partial charge in [0.15, 0.2) is 16.5 Å². The second-order valence-corrected chi connectivity index (χ2v) is 10.2. The number of hydrogen-bond donors (Lipinski definition) is 3. The molecule has 0 aliphatic carbocycles. The fourth-order valence-corrected chi connectivity index (χ4v) is 5.49. The zero-order valence-electron chi connectivity index (χ0n) is 20.8. The summed E-state index contributed by atoms with van der Waals surface area (Å²) in [6.07, 6.45) is 1.06. The van der Waals surface area contributed by atoms with Crippen molar-refractivity contribution in [3.8, 4) is 0 Å². The highest BCUT2D eigenvalue weighted by atomic mass is 32.2. The first kappa shape index (κ1) is 28.5. The van der Waals surface area contributed by atoms with Crippen LogP contribution in [0.15, 0.2) is 46.3 Å². The molecular formula is C23H22N6O9S2. The minimum absolute atomic E-state index is 0.0177. The van der Waals surface area contributed by atoms with Crippen molar-refractivity contribution in [2.75, 3.05) is 17.7 Å². The van der Waals surface area contributed by atoms with Gasteiger partial charge >= 0.3 is 5.97 Å². The highest BCUT2D eigenvalue weighted by Gasteiger charge is 2.55. The number of thiazole rings is 1. The summed E-state index contributed by atoms with van der Waals surface area (Å²) in [5.41, 5.74) is -0.0931. The zero-order valence-corrected chi connectivity index (χ0v) is 22.4. The number of carbonyl (C=O) groups excluding carboxylic acids is 4. The molecule has 1 unspecified atom stereocenters. The fourth-order valence-electron chi connectivity index (χ4n) is 3.64. The Balaban J connectivity index is 1.43. The van der Waals surface area contributed by atoms with Gasteiger partial charge in [-0.1, -0.05) is 12.1 Å². The number of nitrogens with zero attached hydrogens (tertiary/aromatic N) is 4. The molecule has 210 valence electrons. The SMILES string of the molecule is CCCON=C(C(=O)NC1C(=O)N2C(C(=O)OCc3ccc([N+](=O)[O-])cc3)=C(O)CS[C@@H]12)c1csc(NC=O)n1. The highest BCUT2D eigenvalue weighted by molar-refractivity contribution is 8.00. The summed E-state index contributed by atoms with van der Waals surface area (Å²) in [6.45, 7) is 1.83. The molecule has 2 aliphatic rings. The van der Waals surface area contributed by atoms with E-state index in [9.17, 15) is 34.4 Å². The van der Waals surface area contributed by atoms with E-state index in [1.165, 1.54) is 29.6 Å². The number of aliphatic hydroxyl groups is 1. The second kappa shape index (κ2) is 12.6. The average Bonchev–Trinajstić information content (AvgIpc) is 3.41. The van der Waals surface area contributed by atoms with E-state index >= 15 is 0 Å². The van der Waals surface area contributed by atoms with Gasteiger partial charge in [-0.05, 0) is 24.1 Å². The van der Waals surface area contributed by atoms with Crippen LogP contribution in [0.4, 0.5) is 10.8 Å². The van der Waals surface area contributed by atoms with Crippen molar-refractivity contribution >= 4 is 63.8 Å². The Morgan fingerprint density at radius 1 is 1.35 bits per heavy atom. The number of β-lactam (4-membered cyclic amide) rings is 1. The van der Waals surface area contributed by atoms with Crippen molar-refractivity contribution in [1.82, 2.24) is 15.2 Å². The number of ether oxygens (including phenoxy) is 1. The first-order chi connectivity index (χ1) is 19.2. The molecule has 0 radical (unpaired) electrons. The highest BCUT2D eigenvalue weighted by Crippen LogP contribution is 2.40. The Kier molecular flexibility index (Phi) is 8.95. The molecule has 17 heteroatoms. The predicted molar refractivity (Wildman–Crippen MR) is 142 cm³/mol. The molecule has 3 N–H and O–H groups in total. The quantitative estimate of drug-likeness (QED) is 0.0617. The molecule has 1 saturated heterocycles. The van der Waals surface area contributed by atoms with E-state index in [4.69, 9.17) is 9.57 Å². The van der Waals surface area contributed by atoms with Gasteiger partial charge in [0.05, 0.1) is 10.7 Å². The summed E-state index contributed by atoms with van der Waals surface area (Å²) >= 11 is 2.19. The van der Waals surface area contributed by atoms with E-state index < -0.39 is 34.1 Å². The van der Waals surface area contributed by atoms with Gasteiger partial charge < -0.3 is 25.3 Å². The molecule has 3 heterocycles. The van der Waals surface area contributed by atoms with Gasteiger partial charge in [0, 0.05) is 17.5 Å². The van der Waals surface area contributed by atoms with E-state index in [1.54, 1.807) is 0 Å². The van der Waals surface area contributed by atoms with Crippen molar-refractivity contribution in [3.63, 3.8) is 0 Å². The van der Waals surface area contributed by atoms with Gasteiger partial charge in [-0.25, -0.2) is 9.78 Å². The molecule has 0 bridgehead atoms. The number of hydrogen-bond acceptors (Lipinski definition) is 13. The Bertz CT molecular complexity index is 1390. The van der Waals surface area contributed by atoms with E-state index in [0.29, 0.717) is 18.4 Å². The molecular weight excluding hydrogens is 568 g/mol. The number of esters is 1. The number of carbonyl (C=O) groups is 4. The van der Waals surface area contributed by atoms with Crippen molar-refractivity contribution in [2.24, 2.45) is 5.16 Å². The topological polar surface area (TPSA) is 203 Å². The van der Waals surface area contributed by atoms with Crippen LogP contribution in [-0.4, -0.2) is 73.6 Å². The minimum Gasteiger partial charge on any atom is -0.509 e. The van der Waals surface area contributed by atoms with Crippen LogP contribution in [0.25, 0.3) is 0 Å². The Morgan fingerprint density at radius 3 is 2.77 bits per heavy atom. The molecule has 3 amide bonds. The van der Waals surface area contributed by atoms with Crippen LogP contribution in [-0.2, 0) is 35.4 Å². The molecule has 1 aromatic heterocycles. The molecule has 0 saturated carbocycles. The first-order valence-corrected chi connectivity index (χ1v) is 13.6. The predicted octanol–water partition coefficient (Wildman–Crippen LogP) is 1.66. The van der Waals surface area contributed by atoms with Crippen molar-refractivity contribution in [3.05, 3.63) is 62.5 Å². The number of nitrogens with one attached hydrogen (secondary N) is 2. The fraction of sp³-hybridized carbons (Fsp3) is 0.304. The number of rotatable bonds is 12. The zero-order chi connectivity index (χ0) is 28.8. The lowest BCUT2D eigenvalue weighted by Gasteiger charge is -2.48. The van der Waals surface area contributed by atoms with Crippen molar-refractivity contribution in [1.29, 1.82) is 0 Å². The first-order valence-electron chi connectivity index (χ1n) is 11.7. The van der Waals surface area contributed by atoms with E-state index in [-0.39, 0.29) is 52.6 Å². The molecule has 15 nitrogen and oxygen atoms in total. The summed E-state index contributed by atoms with van der Waals surface area (Å²) in [6, 6.07) is 4.31. The van der Waals surface area contributed by atoms with E-state index in [2.05, 4.69) is 20.8 Å². The number of anilines is 1. The third-order valence-corrected chi connectivity index (χ3v) is 7.58. The van der Waals surface area contributed by atoms with E-state index in [1.807, 2.05) is 6.92 Å². The van der Waals surface area contributed by atoms with Crippen LogP contribution < -0.4 is 10.6 Å². The van der Waals surface area contributed by atoms with Crippen LogP contribution in [0, 0.1) is 10.1 Å². The van der Waals surface area contributed by atoms with E-state index in [0.717, 1.165) is 28.0 Å². The smallest absolute Gasteiger partial charge is 0.358 e. The van der Waals surface area contributed by atoms with Crippen LogP contribution in [0.5, 0.6) is 0 Å². The van der Waals surface area contributed by atoms with Crippen LogP contribution in [0.1, 0.15) is 24.6 Å². The maximum absolute atomic E-state index is 13.1. The third-order valence-electron chi connectivity index (χ3n) is 5.54. The summed E-state index contributed by atoms with van der Waals surface area (Å²) < 4.78 is 5.24. The summed E-state index contributed by atoms with van der Waals surface area (Å²) in [7, 11) is 0. The minimum atomic E-state index is -1.05. The number of amides is 3. The summed E-state index contributed by atoms with van der Waals surface area (Å²) in [5.74, 6) is -2.77. The van der Waals surface area contributed by atoms with Crippen LogP contribution >= 0.6 is 23.1 Å². The summed E-state index contributed by atoms with van der Waals surface area (Å²) in [5, 5.41) is 31.0. The van der Waals surface area contributed by atoms with Gasteiger partial charge in [-0.2, -0.15) is 0 Å². The average molecular weight is 591 g/mol. The van der Waals surface area contributed by atoms with Gasteiger partial charge in [0.2, 0.25) is 6.41 Å². The molecule has 2 aliphatic heterocycles. The molecule has 0 spiro atoms. The monoisotopic (exact) mass is 590 g/mol. The number of thioether (sulfide) groups is 1. The van der Waals surface area contributed by atoms with Gasteiger partial charge in [0.1, 0.15) is 36.1 Å². The molecule has 1 fully saturated rings. The number of nitro groups is 1. The normalized spacial score (nSPS) is 18.4. The second-order valence-electron chi connectivity index (χ2n) is 8.23. The lowest BCUT2D eigenvalue weighted by atomic mass is 10.0. The number of fused-ring (bicyclic) bond motifs is 1. The Morgan fingerprint density at radius 2 is 2.10 bits per heavy atom. The number of non-ortho nitro benzene ring substituents is 1. The Labute approximate surface area is 234 Å². The molecule has 2 atom stereocenters. The summed E-state index contributed by atoms with van der Waals surface area (Å²) in [4.78, 5) is 70.2. The molecule has 1 aromatic carbocycles. The number of aliphatic hydroxyl groups excluding tert-OH is 1. The largest absolute Gasteiger partial charge is 0.509 e. The van der Waals surface area contributed by atoms with Crippen LogP contribution in [0.2, 0.25) is 0 Å². The lowest BCUT2D eigenvalue weighted by molar-refractivity contribution is -0.384. The molecule has 40 heavy (non-hydrogen) atoms.